The lowest BCUT2D eigenvalue weighted by Gasteiger charge is -2.10. The molecule has 4 nitrogen and oxygen atoms in total. The lowest BCUT2D eigenvalue weighted by atomic mass is 10.2. The maximum Gasteiger partial charge on any atom is 0.387 e. The number of alkyl halides is 2. The second-order valence-electron chi connectivity index (χ2n) is 2.72. The lowest BCUT2D eigenvalue weighted by molar-refractivity contribution is -0.0512. The first-order valence-corrected chi connectivity index (χ1v) is 4.29. The van der Waals surface area contributed by atoms with Crippen molar-refractivity contribution >= 4 is 17.3 Å². The molecule has 0 fully saturated rings. The SMILES string of the molecule is Nc1cc2c(c(OC(F)F)c1Cl)OCO2. The molecule has 0 saturated carbocycles. The van der Waals surface area contributed by atoms with Crippen molar-refractivity contribution in [3.63, 3.8) is 0 Å². The van der Waals surface area contributed by atoms with Crippen LogP contribution in [-0.2, 0) is 0 Å². The molecule has 0 saturated heterocycles. The zero-order valence-corrected chi connectivity index (χ0v) is 8.05. The van der Waals surface area contributed by atoms with Gasteiger partial charge in [-0.1, -0.05) is 11.6 Å². The van der Waals surface area contributed by atoms with Crippen LogP contribution in [0.15, 0.2) is 6.07 Å². The summed E-state index contributed by atoms with van der Waals surface area (Å²) in [6, 6.07) is 1.39. The molecular weight excluding hydrogens is 232 g/mol. The number of halogens is 3. The van der Waals surface area contributed by atoms with E-state index < -0.39 is 6.61 Å². The van der Waals surface area contributed by atoms with Gasteiger partial charge < -0.3 is 19.9 Å². The molecule has 1 aliphatic heterocycles. The van der Waals surface area contributed by atoms with E-state index in [-0.39, 0.29) is 34.8 Å². The molecule has 0 bridgehead atoms. The standard InChI is InChI=1S/C8H6ClF2NO3/c9-5-3(12)1-4-6(14-2-13-4)7(5)15-8(10)11/h1,8H,2,12H2. The smallest absolute Gasteiger partial charge is 0.387 e. The van der Waals surface area contributed by atoms with Crippen molar-refractivity contribution in [2.75, 3.05) is 12.5 Å². The Bertz CT molecular complexity index is 400. The van der Waals surface area contributed by atoms with Gasteiger partial charge in [0.2, 0.25) is 12.5 Å². The number of hydrogen-bond donors (Lipinski definition) is 1. The van der Waals surface area contributed by atoms with E-state index in [2.05, 4.69) is 4.74 Å². The van der Waals surface area contributed by atoms with Crippen molar-refractivity contribution in [2.24, 2.45) is 0 Å². The topological polar surface area (TPSA) is 53.7 Å². The molecule has 2 rings (SSSR count). The minimum atomic E-state index is -3.00. The highest BCUT2D eigenvalue weighted by atomic mass is 35.5. The quantitative estimate of drug-likeness (QED) is 0.802. The monoisotopic (exact) mass is 237 g/mol. The van der Waals surface area contributed by atoms with Gasteiger partial charge in [-0.25, -0.2) is 0 Å². The largest absolute Gasteiger partial charge is 0.453 e. The second kappa shape index (κ2) is 3.62. The summed E-state index contributed by atoms with van der Waals surface area (Å²) in [5.74, 6) is 0.00113. The number of rotatable bonds is 2. The van der Waals surface area contributed by atoms with Crippen LogP contribution in [0.2, 0.25) is 5.02 Å². The lowest BCUT2D eigenvalue weighted by Crippen LogP contribution is -2.04. The fraction of sp³-hybridized carbons (Fsp3) is 0.250. The predicted octanol–water partition coefficient (Wildman–Crippen LogP) is 2.25. The Hall–Kier alpha value is -1.43. The first kappa shape index (κ1) is 10.1. The van der Waals surface area contributed by atoms with E-state index in [1.807, 2.05) is 0 Å². The van der Waals surface area contributed by atoms with Crippen LogP contribution >= 0.6 is 11.6 Å². The normalized spacial score (nSPS) is 13.3. The number of ether oxygens (including phenoxy) is 3. The van der Waals surface area contributed by atoms with Crippen LogP contribution in [0, 0.1) is 0 Å². The van der Waals surface area contributed by atoms with Gasteiger partial charge in [0, 0.05) is 6.07 Å². The average molecular weight is 238 g/mol. The van der Waals surface area contributed by atoms with Crippen molar-refractivity contribution in [2.45, 2.75) is 6.61 Å². The fourth-order valence-electron chi connectivity index (χ4n) is 1.20. The highest BCUT2D eigenvalue weighted by Crippen LogP contribution is 2.48. The van der Waals surface area contributed by atoms with Crippen molar-refractivity contribution in [3.05, 3.63) is 11.1 Å². The number of nitrogens with two attached hydrogens (primary N) is 1. The molecule has 1 aromatic carbocycles. The summed E-state index contributed by atoms with van der Waals surface area (Å²) in [6.45, 7) is -3.08. The first-order valence-electron chi connectivity index (χ1n) is 3.92. The van der Waals surface area contributed by atoms with E-state index in [4.69, 9.17) is 26.8 Å². The number of benzene rings is 1. The van der Waals surface area contributed by atoms with Crippen LogP contribution < -0.4 is 19.9 Å². The average Bonchev–Trinajstić information content (AvgIpc) is 2.59. The molecule has 1 heterocycles. The van der Waals surface area contributed by atoms with Gasteiger partial charge in [-0.3, -0.25) is 0 Å². The van der Waals surface area contributed by atoms with E-state index in [0.717, 1.165) is 0 Å². The van der Waals surface area contributed by atoms with Crippen molar-refractivity contribution < 1.29 is 23.0 Å². The molecular formula is C8H6ClF2NO3. The summed E-state index contributed by atoms with van der Waals surface area (Å²) in [4.78, 5) is 0. The summed E-state index contributed by atoms with van der Waals surface area (Å²) in [6.07, 6.45) is 0. The van der Waals surface area contributed by atoms with Crippen LogP contribution in [0.3, 0.4) is 0 Å². The van der Waals surface area contributed by atoms with Crippen molar-refractivity contribution in [1.29, 1.82) is 0 Å². The van der Waals surface area contributed by atoms with E-state index >= 15 is 0 Å². The molecule has 0 aliphatic carbocycles. The molecule has 1 aromatic rings. The maximum absolute atomic E-state index is 12.1. The number of nitrogen functional groups attached to an aromatic ring is 1. The Morgan fingerprint density at radius 2 is 2.20 bits per heavy atom. The molecule has 7 heteroatoms. The highest BCUT2D eigenvalue weighted by molar-refractivity contribution is 6.35. The number of fused-ring (bicyclic) bond motifs is 1. The van der Waals surface area contributed by atoms with Crippen LogP contribution in [0.25, 0.3) is 0 Å². The summed E-state index contributed by atoms with van der Waals surface area (Å²) in [5.41, 5.74) is 5.57. The van der Waals surface area contributed by atoms with E-state index in [9.17, 15) is 8.78 Å². The molecule has 0 radical (unpaired) electrons. The Balaban J connectivity index is 2.50. The minimum absolute atomic E-state index is 0.0505. The minimum Gasteiger partial charge on any atom is -0.453 e. The van der Waals surface area contributed by atoms with Crippen LogP contribution in [0.5, 0.6) is 17.2 Å². The van der Waals surface area contributed by atoms with Gasteiger partial charge in [0.15, 0.2) is 11.5 Å². The first-order chi connectivity index (χ1) is 7.09. The van der Waals surface area contributed by atoms with Crippen molar-refractivity contribution in [3.8, 4) is 17.2 Å². The summed E-state index contributed by atoms with van der Waals surface area (Å²) in [5, 5.41) is -0.112. The van der Waals surface area contributed by atoms with E-state index in [0.29, 0.717) is 0 Å². The van der Waals surface area contributed by atoms with Gasteiger partial charge in [-0.05, 0) is 0 Å². The third kappa shape index (κ3) is 1.72. The van der Waals surface area contributed by atoms with Gasteiger partial charge in [0.25, 0.3) is 0 Å². The Morgan fingerprint density at radius 1 is 1.47 bits per heavy atom. The molecule has 0 spiro atoms. The second-order valence-corrected chi connectivity index (χ2v) is 3.10. The third-order valence-corrected chi connectivity index (χ3v) is 2.18. The third-order valence-electron chi connectivity index (χ3n) is 1.79. The molecule has 2 N–H and O–H groups in total. The number of anilines is 1. The molecule has 0 atom stereocenters. The van der Waals surface area contributed by atoms with Gasteiger partial charge in [0.05, 0.1) is 5.69 Å². The van der Waals surface area contributed by atoms with Crippen LogP contribution in [0.4, 0.5) is 14.5 Å². The van der Waals surface area contributed by atoms with Gasteiger partial charge in [-0.2, -0.15) is 8.78 Å². The molecule has 15 heavy (non-hydrogen) atoms. The molecule has 1 aliphatic rings. The molecule has 82 valence electrons. The van der Waals surface area contributed by atoms with Crippen molar-refractivity contribution in [1.82, 2.24) is 0 Å². The van der Waals surface area contributed by atoms with E-state index in [1.165, 1.54) is 6.07 Å². The Morgan fingerprint density at radius 3 is 2.87 bits per heavy atom. The van der Waals surface area contributed by atoms with Crippen LogP contribution in [0.1, 0.15) is 0 Å². The fourth-order valence-corrected chi connectivity index (χ4v) is 1.39. The molecule has 0 unspecified atom stereocenters. The summed E-state index contributed by atoms with van der Waals surface area (Å²) < 4.78 is 38.3. The zero-order valence-electron chi connectivity index (χ0n) is 7.30. The molecule has 0 aromatic heterocycles. The maximum atomic E-state index is 12.1. The summed E-state index contributed by atoms with van der Waals surface area (Å²) >= 11 is 5.70. The Labute approximate surface area is 88.5 Å². The highest BCUT2D eigenvalue weighted by Gasteiger charge is 2.26. The van der Waals surface area contributed by atoms with E-state index in [1.54, 1.807) is 0 Å². The predicted molar refractivity (Wildman–Crippen MR) is 48.6 cm³/mol. The van der Waals surface area contributed by atoms with Gasteiger partial charge in [-0.15, -0.1) is 0 Å². The summed E-state index contributed by atoms with van der Waals surface area (Å²) in [7, 11) is 0. The van der Waals surface area contributed by atoms with Crippen LogP contribution in [-0.4, -0.2) is 13.4 Å². The molecule has 0 amide bonds. The Kier molecular flexibility index (Phi) is 2.44. The number of hydrogen-bond acceptors (Lipinski definition) is 4. The van der Waals surface area contributed by atoms with Gasteiger partial charge in [0.1, 0.15) is 5.02 Å². The zero-order chi connectivity index (χ0) is 11.0. The van der Waals surface area contributed by atoms with Gasteiger partial charge >= 0.3 is 6.61 Å².